The van der Waals surface area contributed by atoms with Crippen LogP contribution in [-0.2, 0) is 0 Å². The van der Waals surface area contributed by atoms with E-state index in [0.29, 0.717) is 13.0 Å². The average molecular weight is 216 g/mol. The zero-order valence-electron chi connectivity index (χ0n) is 9.29. The maximum Gasteiger partial charge on any atom is 0.315 e. The van der Waals surface area contributed by atoms with Crippen molar-refractivity contribution in [3.63, 3.8) is 0 Å². The van der Waals surface area contributed by atoms with Gasteiger partial charge in [0.1, 0.15) is 5.84 Å². The molecule has 0 fully saturated rings. The highest BCUT2D eigenvalue weighted by atomic mass is 16.4. The van der Waals surface area contributed by atoms with Crippen LogP contribution in [0.1, 0.15) is 33.1 Å². The first-order chi connectivity index (χ1) is 7.13. The van der Waals surface area contributed by atoms with Crippen molar-refractivity contribution >= 4 is 11.9 Å². The van der Waals surface area contributed by atoms with Crippen molar-refractivity contribution in [3.8, 4) is 0 Å². The molecule has 6 nitrogen and oxygen atoms in total. The molecule has 0 aromatic heterocycles. The maximum absolute atomic E-state index is 11.3. The quantitative estimate of drug-likeness (QED) is 0.226. The summed E-state index contributed by atoms with van der Waals surface area (Å²) < 4.78 is 0. The molecule has 2 amide bonds. The van der Waals surface area contributed by atoms with E-state index in [9.17, 15) is 4.79 Å². The van der Waals surface area contributed by atoms with Crippen molar-refractivity contribution < 1.29 is 10.0 Å². The summed E-state index contributed by atoms with van der Waals surface area (Å²) in [5.74, 6) is 0.123. The van der Waals surface area contributed by atoms with E-state index in [1.165, 1.54) is 0 Å². The van der Waals surface area contributed by atoms with Crippen molar-refractivity contribution in [3.05, 3.63) is 0 Å². The molecule has 0 saturated carbocycles. The van der Waals surface area contributed by atoms with E-state index in [1.807, 2.05) is 13.8 Å². The normalized spacial score (nSPS) is 13.3. The van der Waals surface area contributed by atoms with Crippen LogP contribution in [0.15, 0.2) is 5.16 Å². The fourth-order valence-electron chi connectivity index (χ4n) is 1.07. The minimum absolute atomic E-state index is 0.0993. The maximum atomic E-state index is 11.3. The third-order valence-electron chi connectivity index (χ3n) is 1.95. The molecule has 1 atom stereocenters. The Labute approximate surface area is 89.9 Å². The molecular formula is C9H20N4O2. The van der Waals surface area contributed by atoms with Gasteiger partial charge in [0.15, 0.2) is 0 Å². The first kappa shape index (κ1) is 13.5. The molecule has 0 aliphatic heterocycles. The summed E-state index contributed by atoms with van der Waals surface area (Å²) in [5, 5.41) is 16.7. The molecule has 0 bridgehead atoms. The van der Waals surface area contributed by atoms with Crippen LogP contribution < -0.4 is 16.4 Å². The van der Waals surface area contributed by atoms with Crippen molar-refractivity contribution in [2.75, 3.05) is 6.54 Å². The van der Waals surface area contributed by atoms with Crippen LogP contribution in [0.2, 0.25) is 0 Å². The van der Waals surface area contributed by atoms with Crippen LogP contribution in [0.25, 0.3) is 0 Å². The lowest BCUT2D eigenvalue weighted by Gasteiger charge is -2.16. The Balaban J connectivity index is 3.93. The predicted molar refractivity (Wildman–Crippen MR) is 58.9 cm³/mol. The minimum Gasteiger partial charge on any atom is -0.409 e. The van der Waals surface area contributed by atoms with Gasteiger partial charge in [0.05, 0.1) is 0 Å². The van der Waals surface area contributed by atoms with Crippen LogP contribution in [0.5, 0.6) is 0 Å². The van der Waals surface area contributed by atoms with E-state index in [0.717, 1.165) is 12.8 Å². The van der Waals surface area contributed by atoms with Gasteiger partial charge in [-0.25, -0.2) is 4.79 Å². The number of nitrogens with two attached hydrogens (primary N) is 1. The van der Waals surface area contributed by atoms with Gasteiger partial charge in [0.25, 0.3) is 0 Å². The standard InChI is InChI=1S/C9H20N4O2/c1-3-5-11-9(14)12-7(4-2)6-8(10)13-15/h7,15H,3-6H2,1-2H3,(H2,10,13)(H2,11,12,14). The zero-order chi connectivity index (χ0) is 11.7. The van der Waals surface area contributed by atoms with E-state index in [1.54, 1.807) is 0 Å². The average Bonchev–Trinajstić information content (AvgIpc) is 2.25. The lowest BCUT2D eigenvalue weighted by atomic mass is 10.1. The monoisotopic (exact) mass is 216 g/mol. The molecule has 0 aromatic rings. The SMILES string of the molecule is CCCNC(=O)NC(CC)CC(N)=NO. The second kappa shape index (κ2) is 7.90. The number of hydrogen-bond donors (Lipinski definition) is 4. The minimum atomic E-state index is -0.213. The van der Waals surface area contributed by atoms with Gasteiger partial charge < -0.3 is 21.6 Å². The van der Waals surface area contributed by atoms with Crippen LogP contribution in [-0.4, -0.2) is 29.7 Å². The van der Waals surface area contributed by atoms with Gasteiger partial charge in [-0.1, -0.05) is 19.0 Å². The highest BCUT2D eigenvalue weighted by Gasteiger charge is 2.11. The van der Waals surface area contributed by atoms with Gasteiger partial charge in [-0.05, 0) is 12.8 Å². The highest BCUT2D eigenvalue weighted by Crippen LogP contribution is 1.97. The Morgan fingerprint density at radius 1 is 1.53 bits per heavy atom. The molecular weight excluding hydrogens is 196 g/mol. The summed E-state index contributed by atoms with van der Waals surface area (Å²) in [6.45, 7) is 4.55. The molecule has 0 aliphatic rings. The molecule has 0 radical (unpaired) electrons. The van der Waals surface area contributed by atoms with Crippen molar-refractivity contribution in [2.24, 2.45) is 10.9 Å². The number of hydrogen-bond acceptors (Lipinski definition) is 3. The molecule has 0 heterocycles. The Bertz CT molecular complexity index is 218. The highest BCUT2D eigenvalue weighted by molar-refractivity contribution is 5.81. The van der Waals surface area contributed by atoms with Gasteiger partial charge in [0.2, 0.25) is 0 Å². The van der Waals surface area contributed by atoms with E-state index in [-0.39, 0.29) is 17.9 Å². The number of urea groups is 1. The van der Waals surface area contributed by atoms with Crippen LogP contribution in [0, 0.1) is 0 Å². The second-order valence-electron chi connectivity index (χ2n) is 3.30. The van der Waals surface area contributed by atoms with Gasteiger partial charge in [0, 0.05) is 19.0 Å². The molecule has 0 aromatic carbocycles. The third kappa shape index (κ3) is 6.59. The second-order valence-corrected chi connectivity index (χ2v) is 3.30. The van der Waals surface area contributed by atoms with E-state index in [4.69, 9.17) is 10.9 Å². The molecule has 15 heavy (non-hydrogen) atoms. The number of nitrogens with one attached hydrogen (secondary N) is 2. The van der Waals surface area contributed by atoms with Gasteiger partial charge >= 0.3 is 6.03 Å². The van der Waals surface area contributed by atoms with Gasteiger partial charge in [-0.15, -0.1) is 0 Å². The van der Waals surface area contributed by atoms with Crippen molar-refractivity contribution in [2.45, 2.75) is 39.2 Å². The number of amidine groups is 1. The summed E-state index contributed by atoms with van der Waals surface area (Å²) in [7, 11) is 0. The largest absolute Gasteiger partial charge is 0.409 e. The van der Waals surface area contributed by atoms with Crippen LogP contribution in [0.3, 0.4) is 0 Å². The fourth-order valence-corrected chi connectivity index (χ4v) is 1.07. The number of carbonyl (C=O) groups excluding carboxylic acids is 1. The molecule has 0 aliphatic carbocycles. The molecule has 88 valence electrons. The summed E-state index contributed by atoms with van der Waals surface area (Å²) >= 11 is 0. The Morgan fingerprint density at radius 2 is 2.20 bits per heavy atom. The molecule has 5 N–H and O–H groups in total. The Hall–Kier alpha value is -1.46. The number of nitrogens with zero attached hydrogens (tertiary/aromatic N) is 1. The smallest absolute Gasteiger partial charge is 0.315 e. The van der Waals surface area contributed by atoms with Gasteiger partial charge in [-0.2, -0.15) is 0 Å². The molecule has 0 spiro atoms. The van der Waals surface area contributed by atoms with Crippen LogP contribution in [0.4, 0.5) is 4.79 Å². The first-order valence-electron chi connectivity index (χ1n) is 5.14. The zero-order valence-corrected chi connectivity index (χ0v) is 9.29. The summed E-state index contributed by atoms with van der Waals surface area (Å²) in [6.07, 6.45) is 1.98. The number of amides is 2. The van der Waals surface area contributed by atoms with Crippen molar-refractivity contribution in [1.29, 1.82) is 0 Å². The van der Waals surface area contributed by atoms with Crippen molar-refractivity contribution in [1.82, 2.24) is 10.6 Å². The molecule has 0 rings (SSSR count). The number of carbonyl (C=O) groups is 1. The summed E-state index contributed by atoms with van der Waals surface area (Å²) in [4.78, 5) is 11.3. The van der Waals surface area contributed by atoms with Gasteiger partial charge in [-0.3, -0.25) is 0 Å². The Kier molecular flexibility index (Phi) is 7.13. The predicted octanol–water partition coefficient (Wildman–Crippen LogP) is 0.611. The van der Waals surface area contributed by atoms with E-state index in [2.05, 4.69) is 15.8 Å². The lowest BCUT2D eigenvalue weighted by molar-refractivity contribution is 0.236. The Morgan fingerprint density at radius 3 is 2.67 bits per heavy atom. The summed E-state index contributed by atoms with van der Waals surface area (Å²) in [5.41, 5.74) is 5.35. The summed E-state index contributed by atoms with van der Waals surface area (Å²) in [6, 6.07) is -0.313. The number of rotatable bonds is 6. The lowest BCUT2D eigenvalue weighted by Crippen LogP contribution is -2.43. The molecule has 6 heteroatoms. The number of oxime groups is 1. The molecule has 1 unspecified atom stereocenters. The first-order valence-corrected chi connectivity index (χ1v) is 5.14. The van der Waals surface area contributed by atoms with E-state index >= 15 is 0 Å². The third-order valence-corrected chi connectivity index (χ3v) is 1.95. The fraction of sp³-hybridized carbons (Fsp3) is 0.778. The molecule has 0 saturated heterocycles. The van der Waals surface area contributed by atoms with Crippen LogP contribution >= 0.6 is 0 Å². The van der Waals surface area contributed by atoms with E-state index < -0.39 is 0 Å². The topological polar surface area (TPSA) is 99.7 Å².